The fourth-order valence-electron chi connectivity index (χ4n) is 2.08. The molecule has 9 heteroatoms. The minimum Gasteiger partial charge on any atom is -0.445 e. The summed E-state index contributed by atoms with van der Waals surface area (Å²) >= 11 is 19.9. The van der Waals surface area contributed by atoms with E-state index in [1.807, 2.05) is 0 Å². The lowest BCUT2D eigenvalue weighted by atomic mass is 9.89. The van der Waals surface area contributed by atoms with E-state index in [4.69, 9.17) is 44.4 Å². The maximum Gasteiger partial charge on any atom is 0.409 e. The Morgan fingerprint density at radius 1 is 1.47 bits per heavy atom. The second-order valence-corrected chi connectivity index (χ2v) is 8.01. The molecule has 19 heavy (non-hydrogen) atoms. The van der Waals surface area contributed by atoms with Gasteiger partial charge in [0.05, 0.1) is 0 Å². The van der Waals surface area contributed by atoms with E-state index in [9.17, 15) is 4.79 Å². The molecule has 2 aliphatic rings. The molecule has 1 fully saturated rings. The summed E-state index contributed by atoms with van der Waals surface area (Å²) in [6.45, 7) is 0.812. The SMILES string of the molecule is O=C(OCC(Cl)(Cl)Cl)N1CCC2(CC1)CC(Br)=NO2. The van der Waals surface area contributed by atoms with Gasteiger partial charge >= 0.3 is 6.09 Å². The molecule has 0 saturated carbocycles. The van der Waals surface area contributed by atoms with Crippen LogP contribution in [0, 0.1) is 0 Å². The molecule has 0 N–H and O–H groups in total. The number of carbonyl (C=O) groups is 1. The number of carbonyl (C=O) groups excluding carboxylic acids is 1. The Morgan fingerprint density at radius 2 is 2.11 bits per heavy atom. The molecule has 0 unspecified atom stereocenters. The Morgan fingerprint density at radius 3 is 2.58 bits per heavy atom. The summed E-state index contributed by atoms with van der Waals surface area (Å²) in [6, 6.07) is 0. The minimum atomic E-state index is -1.58. The molecular formula is C10H12BrCl3N2O3. The first-order valence-electron chi connectivity index (χ1n) is 5.69. The summed E-state index contributed by atoms with van der Waals surface area (Å²) in [5.41, 5.74) is -0.287. The van der Waals surface area contributed by atoms with E-state index < -0.39 is 9.89 Å². The Balaban J connectivity index is 1.79. The monoisotopic (exact) mass is 392 g/mol. The molecule has 108 valence electrons. The zero-order valence-electron chi connectivity index (χ0n) is 9.87. The van der Waals surface area contributed by atoms with E-state index in [-0.39, 0.29) is 12.2 Å². The van der Waals surface area contributed by atoms with Crippen LogP contribution in [0.1, 0.15) is 19.3 Å². The molecule has 0 aromatic rings. The molecule has 0 aromatic heterocycles. The third kappa shape index (κ3) is 4.28. The molecular weight excluding hydrogens is 382 g/mol. The highest BCUT2D eigenvalue weighted by molar-refractivity contribution is 9.18. The first-order chi connectivity index (χ1) is 8.80. The van der Waals surface area contributed by atoms with E-state index >= 15 is 0 Å². The second-order valence-electron chi connectivity index (χ2n) is 4.58. The maximum absolute atomic E-state index is 11.8. The number of nitrogens with zero attached hydrogens (tertiary/aromatic N) is 2. The van der Waals surface area contributed by atoms with Crippen molar-refractivity contribution in [3.05, 3.63) is 0 Å². The van der Waals surface area contributed by atoms with Crippen LogP contribution in [0.2, 0.25) is 0 Å². The van der Waals surface area contributed by atoms with Crippen LogP contribution in [0.4, 0.5) is 4.79 Å². The van der Waals surface area contributed by atoms with Gasteiger partial charge in [-0.1, -0.05) is 40.0 Å². The van der Waals surface area contributed by atoms with Crippen LogP contribution in [-0.4, -0.2) is 44.7 Å². The third-order valence-corrected chi connectivity index (χ3v) is 3.85. The van der Waals surface area contributed by atoms with E-state index in [2.05, 4.69) is 21.1 Å². The highest BCUT2D eigenvalue weighted by atomic mass is 79.9. The largest absolute Gasteiger partial charge is 0.445 e. The predicted octanol–water partition coefficient (Wildman–Crippen LogP) is 3.46. The first-order valence-corrected chi connectivity index (χ1v) is 7.61. The Hall–Kier alpha value is 0.0900. The number of halogens is 4. The average Bonchev–Trinajstić information content (AvgIpc) is 2.68. The number of hydrogen-bond acceptors (Lipinski definition) is 4. The van der Waals surface area contributed by atoms with Gasteiger partial charge < -0.3 is 14.5 Å². The van der Waals surface area contributed by atoms with Crippen molar-refractivity contribution in [1.82, 2.24) is 4.90 Å². The number of rotatable bonds is 1. The lowest BCUT2D eigenvalue weighted by Gasteiger charge is -2.36. The Labute approximate surface area is 134 Å². The zero-order valence-corrected chi connectivity index (χ0v) is 13.7. The van der Waals surface area contributed by atoms with Crippen molar-refractivity contribution >= 4 is 61.4 Å². The van der Waals surface area contributed by atoms with Crippen LogP contribution in [0.3, 0.4) is 0 Å². The Kier molecular flexibility index (Phi) is 4.75. The van der Waals surface area contributed by atoms with Gasteiger partial charge in [0.15, 0.2) is 0 Å². The average molecular weight is 394 g/mol. The van der Waals surface area contributed by atoms with Gasteiger partial charge in [-0.2, -0.15) is 0 Å². The molecule has 0 aliphatic carbocycles. The standard InChI is InChI=1S/C10H12BrCl3N2O3/c11-7-5-9(19-15-7)1-3-16(4-2-9)8(17)18-6-10(12,13)14/h1-6H2. The molecule has 2 rings (SSSR count). The molecule has 2 heterocycles. The quantitative estimate of drug-likeness (QED) is 0.640. The van der Waals surface area contributed by atoms with Crippen LogP contribution in [0.15, 0.2) is 5.16 Å². The molecule has 0 atom stereocenters. The number of likely N-dealkylation sites (tertiary alicyclic amines) is 1. The smallest absolute Gasteiger partial charge is 0.409 e. The van der Waals surface area contributed by atoms with E-state index in [0.717, 1.165) is 11.0 Å². The van der Waals surface area contributed by atoms with Gasteiger partial charge in [-0.25, -0.2) is 4.79 Å². The Bertz CT molecular complexity index is 392. The predicted molar refractivity (Wildman–Crippen MR) is 77.2 cm³/mol. The highest BCUT2D eigenvalue weighted by Gasteiger charge is 2.42. The van der Waals surface area contributed by atoms with E-state index in [1.165, 1.54) is 0 Å². The number of alkyl halides is 3. The number of oxime groups is 1. The van der Waals surface area contributed by atoms with Crippen molar-refractivity contribution in [3.8, 4) is 0 Å². The van der Waals surface area contributed by atoms with Crippen molar-refractivity contribution in [1.29, 1.82) is 0 Å². The van der Waals surface area contributed by atoms with Crippen LogP contribution < -0.4 is 0 Å². The highest BCUT2D eigenvalue weighted by Crippen LogP contribution is 2.36. The van der Waals surface area contributed by atoms with Gasteiger partial charge in [0.1, 0.15) is 16.8 Å². The number of piperidine rings is 1. The molecule has 1 amide bonds. The number of hydrogen-bond donors (Lipinski definition) is 0. The van der Waals surface area contributed by atoms with Crippen LogP contribution in [-0.2, 0) is 9.57 Å². The molecule has 5 nitrogen and oxygen atoms in total. The molecule has 1 spiro atoms. The molecule has 0 bridgehead atoms. The van der Waals surface area contributed by atoms with Gasteiger partial charge in [0.2, 0.25) is 3.79 Å². The first kappa shape index (κ1) is 15.5. The van der Waals surface area contributed by atoms with E-state index in [1.54, 1.807) is 4.90 Å². The van der Waals surface area contributed by atoms with Gasteiger partial charge in [-0.05, 0) is 15.9 Å². The van der Waals surface area contributed by atoms with Crippen molar-refractivity contribution in [2.45, 2.75) is 28.7 Å². The molecule has 0 aromatic carbocycles. The summed E-state index contributed by atoms with van der Waals surface area (Å²) < 4.78 is 4.15. The molecule has 2 aliphatic heterocycles. The van der Waals surface area contributed by atoms with Crippen molar-refractivity contribution < 1.29 is 14.4 Å². The third-order valence-electron chi connectivity index (χ3n) is 3.10. The zero-order chi connectivity index (χ0) is 14.1. The minimum absolute atomic E-state index is 0.261. The summed E-state index contributed by atoms with van der Waals surface area (Å²) in [5.74, 6) is 0. The number of amides is 1. The van der Waals surface area contributed by atoms with Gasteiger partial charge in [0, 0.05) is 32.4 Å². The van der Waals surface area contributed by atoms with Gasteiger partial charge in [-0.15, -0.1) is 0 Å². The summed E-state index contributed by atoms with van der Waals surface area (Å²) in [7, 11) is 0. The topological polar surface area (TPSA) is 51.1 Å². The van der Waals surface area contributed by atoms with Crippen molar-refractivity contribution in [2.24, 2.45) is 5.16 Å². The van der Waals surface area contributed by atoms with Gasteiger partial charge in [-0.3, -0.25) is 0 Å². The van der Waals surface area contributed by atoms with Gasteiger partial charge in [0.25, 0.3) is 0 Å². The molecule has 0 radical (unpaired) electrons. The normalized spacial score (nSPS) is 22.1. The second kappa shape index (κ2) is 5.84. The van der Waals surface area contributed by atoms with E-state index in [0.29, 0.717) is 25.9 Å². The number of ether oxygens (including phenoxy) is 1. The summed E-state index contributed by atoms with van der Waals surface area (Å²) in [4.78, 5) is 18.8. The summed E-state index contributed by atoms with van der Waals surface area (Å²) in [5, 5.41) is 3.90. The summed E-state index contributed by atoms with van der Waals surface area (Å²) in [6.07, 6.45) is 1.67. The van der Waals surface area contributed by atoms with Crippen LogP contribution in [0.25, 0.3) is 0 Å². The lowest BCUT2D eigenvalue weighted by Crippen LogP contribution is -2.47. The fourth-order valence-corrected chi connectivity index (χ4v) is 2.82. The molecule has 1 saturated heterocycles. The van der Waals surface area contributed by atoms with Crippen molar-refractivity contribution in [2.75, 3.05) is 19.7 Å². The fraction of sp³-hybridized carbons (Fsp3) is 0.800. The maximum atomic E-state index is 11.8. The lowest BCUT2D eigenvalue weighted by molar-refractivity contribution is -0.0592. The van der Waals surface area contributed by atoms with Crippen molar-refractivity contribution in [3.63, 3.8) is 0 Å². The van der Waals surface area contributed by atoms with Crippen LogP contribution >= 0.6 is 50.7 Å². The van der Waals surface area contributed by atoms with Crippen LogP contribution in [0.5, 0.6) is 0 Å².